The second kappa shape index (κ2) is 11.9. The van der Waals surface area contributed by atoms with Crippen molar-refractivity contribution < 1.29 is 14.0 Å². The van der Waals surface area contributed by atoms with Crippen LogP contribution in [0.4, 0.5) is 17.1 Å². The predicted molar refractivity (Wildman–Crippen MR) is 154 cm³/mol. The van der Waals surface area contributed by atoms with Crippen LogP contribution in [0.5, 0.6) is 0 Å². The number of carbonyl (C=O) groups is 2. The first-order valence-corrected chi connectivity index (χ1v) is 15.9. The molecule has 0 aliphatic carbocycles. The number of anilines is 3. The molecule has 3 rings (SSSR count). The topological polar surface area (TPSA) is 94.5 Å². The third-order valence-corrected chi connectivity index (χ3v) is 12.1. The lowest BCUT2D eigenvalue weighted by atomic mass is 10.1. The number of amides is 2. The fraction of sp³-hybridized carbons (Fsp3) is 0.296. The van der Waals surface area contributed by atoms with E-state index < -0.39 is 8.32 Å². The highest BCUT2D eigenvalue weighted by Crippen LogP contribution is 2.36. The molecule has 1 aromatic heterocycles. The van der Waals surface area contributed by atoms with Gasteiger partial charge in [0, 0.05) is 5.69 Å². The zero-order valence-corrected chi connectivity index (χ0v) is 24.2. The first-order chi connectivity index (χ1) is 17.4. The van der Waals surface area contributed by atoms with E-state index in [1.807, 2.05) is 0 Å². The molecule has 3 aromatic rings. The van der Waals surface area contributed by atoms with E-state index in [1.165, 1.54) is 0 Å². The molecular weight excluding hydrogens is 524 g/mol. The number of thiophene rings is 1. The van der Waals surface area contributed by atoms with Crippen molar-refractivity contribution in [2.45, 2.75) is 38.9 Å². The van der Waals surface area contributed by atoms with E-state index in [0.717, 1.165) is 11.3 Å². The maximum Gasteiger partial charge on any atom is 0.265 e. The summed E-state index contributed by atoms with van der Waals surface area (Å²) in [5, 5.41) is 15.4. The number of hydrogen-bond donors (Lipinski definition) is 2. The standard InChI is InChI=1S/C27H31ClN4O3SSi/c1-27(2,3)37(4,5)35-17-16-32(18-29)20-12-10-19(11-13-20)30-25(33)21-8-6-7-9-22(21)31-26(34)23-14-15-24(28)36-23/h6-15H,16-17H2,1-5H3,(H,30,33)(H,31,34). The molecule has 10 heteroatoms. The normalized spacial score (nSPS) is 11.5. The van der Waals surface area contributed by atoms with E-state index >= 15 is 0 Å². The number of para-hydroxylation sites is 1. The molecule has 0 fully saturated rings. The number of nitrogens with one attached hydrogen (secondary N) is 2. The molecule has 7 nitrogen and oxygen atoms in total. The molecule has 1 heterocycles. The smallest absolute Gasteiger partial charge is 0.265 e. The Balaban J connectivity index is 1.63. The Morgan fingerprint density at radius 1 is 1.03 bits per heavy atom. The van der Waals surface area contributed by atoms with Crippen molar-refractivity contribution in [2.24, 2.45) is 0 Å². The van der Waals surface area contributed by atoms with Gasteiger partial charge in [0.15, 0.2) is 14.5 Å². The van der Waals surface area contributed by atoms with Gasteiger partial charge in [0.25, 0.3) is 11.8 Å². The average Bonchev–Trinajstić information content (AvgIpc) is 3.28. The van der Waals surface area contributed by atoms with E-state index in [-0.39, 0.29) is 16.9 Å². The molecule has 0 spiro atoms. The van der Waals surface area contributed by atoms with Gasteiger partial charge in [-0.2, -0.15) is 5.26 Å². The second-order valence-electron chi connectivity index (χ2n) is 9.96. The molecule has 0 atom stereocenters. The number of rotatable bonds is 9. The molecule has 194 valence electrons. The SMILES string of the molecule is CC(C)(C)[Si](C)(C)OCCN(C#N)c1ccc(NC(=O)c2ccccc2NC(=O)c2ccc(Cl)s2)cc1. The predicted octanol–water partition coefficient (Wildman–Crippen LogP) is 7.22. The van der Waals surface area contributed by atoms with Gasteiger partial charge in [-0.1, -0.05) is 44.5 Å². The maximum atomic E-state index is 13.0. The van der Waals surface area contributed by atoms with E-state index in [1.54, 1.807) is 65.6 Å². The fourth-order valence-corrected chi connectivity index (χ4v) is 5.15. The molecule has 0 aliphatic heterocycles. The maximum absolute atomic E-state index is 13.0. The van der Waals surface area contributed by atoms with Gasteiger partial charge in [-0.25, -0.2) is 0 Å². The molecule has 2 aromatic carbocycles. The van der Waals surface area contributed by atoms with Gasteiger partial charge in [0.05, 0.1) is 39.3 Å². The lowest BCUT2D eigenvalue weighted by Crippen LogP contribution is -2.42. The molecule has 0 saturated carbocycles. The molecule has 0 unspecified atom stereocenters. The van der Waals surface area contributed by atoms with Gasteiger partial charge >= 0.3 is 0 Å². The molecule has 0 bridgehead atoms. The van der Waals surface area contributed by atoms with Crippen molar-refractivity contribution in [2.75, 3.05) is 28.7 Å². The monoisotopic (exact) mass is 554 g/mol. The summed E-state index contributed by atoms with van der Waals surface area (Å²) >= 11 is 7.09. The minimum Gasteiger partial charge on any atom is -0.415 e. The van der Waals surface area contributed by atoms with Crippen molar-refractivity contribution in [3.05, 3.63) is 75.4 Å². The lowest BCUT2D eigenvalue weighted by molar-refractivity contribution is 0.102. The van der Waals surface area contributed by atoms with Crippen LogP contribution >= 0.6 is 22.9 Å². The molecule has 37 heavy (non-hydrogen) atoms. The van der Waals surface area contributed by atoms with Gasteiger partial charge in [-0.15, -0.1) is 11.3 Å². The number of nitrogens with zero attached hydrogens (tertiary/aromatic N) is 2. The summed E-state index contributed by atoms with van der Waals surface area (Å²) in [6.45, 7) is 11.8. The average molecular weight is 555 g/mol. The van der Waals surface area contributed by atoms with Crippen LogP contribution in [0.25, 0.3) is 0 Å². The number of halogens is 1. The van der Waals surface area contributed by atoms with Crippen LogP contribution in [0.1, 0.15) is 40.8 Å². The summed E-state index contributed by atoms with van der Waals surface area (Å²) in [7, 11) is -1.89. The highest BCUT2D eigenvalue weighted by atomic mass is 35.5. The Morgan fingerprint density at radius 2 is 1.70 bits per heavy atom. The Morgan fingerprint density at radius 3 is 2.30 bits per heavy atom. The van der Waals surface area contributed by atoms with Crippen LogP contribution in [0.3, 0.4) is 0 Å². The largest absolute Gasteiger partial charge is 0.415 e. The molecule has 0 aliphatic rings. The first kappa shape index (κ1) is 28.4. The highest BCUT2D eigenvalue weighted by Gasteiger charge is 2.37. The van der Waals surface area contributed by atoms with E-state index in [4.69, 9.17) is 16.0 Å². The van der Waals surface area contributed by atoms with Crippen molar-refractivity contribution >= 4 is 60.1 Å². The number of nitriles is 1. The summed E-state index contributed by atoms with van der Waals surface area (Å²) in [5.41, 5.74) is 1.99. The van der Waals surface area contributed by atoms with E-state index in [9.17, 15) is 14.9 Å². The fourth-order valence-electron chi connectivity index (χ4n) is 3.18. The van der Waals surface area contributed by atoms with Crippen molar-refractivity contribution in [3.8, 4) is 6.19 Å². The third kappa shape index (κ3) is 7.43. The zero-order chi connectivity index (χ0) is 27.2. The first-order valence-electron chi connectivity index (χ1n) is 11.8. The zero-order valence-electron chi connectivity index (χ0n) is 21.6. The Kier molecular flexibility index (Phi) is 9.15. The summed E-state index contributed by atoms with van der Waals surface area (Å²) in [6.07, 6.45) is 2.20. The van der Waals surface area contributed by atoms with Gasteiger partial charge in [-0.3, -0.25) is 14.5 Å². The van der Waals surface area contributed by atoms with Crippen LogP contribution < -0.4 is 15.5 Å². The molecular formula is C27H31ClN4O3SSi. The Hall–Kier alpha value is -3.16. The van der Waals surface area contributed by atoms with Crippen molar-refractivity contribution in [1.29, 1.82) is 5.26 Å². The second-order valence-corrected chi connectivity index (χ2v) is 16.5. The number of carbonyl (C=O) groups excluding carboxylic acids is 2. The van der Waals surface area contributed by atoms with Gasteiger partial charge in [-0.05, 0) is 66.7 Å². The van der Waals surface area contributed by atoms with Crippen LogP contribution in [-0.4, -0.2) is 33.3 Å². The van der Waals surface area contributed by atoms with Crippen LogP contribution in [0, 0.1) is 11.5 Å². The molecule has 0 radical (unpaired) electrons. The summed E-state index contributed by atoms with van der Waals surface area (Å²) < 4.78 is 6.71. The van der Waals surface area contributed by atoms with E-state index in [2.05, 4.69) is 50.7 Å². The number of benzene rings is 2. The quantitative estimate of drug-likeness (QED) is 0.165. The highest BCUT2D eigenvalue weighted by molar-refractivity contribution is 7.18. The van der Waals surface area contributed by atoms with Gasteiger partial charge in [0.1, 0.15) is 0 Å². The number of hydrogen-bond acceptors (Lipinski definition) is 6. The summed E-state index contributed by atoms with van der Waals surface area (Å²) in [5.74, 6) is -0.705. The van der Waals surface area contributed by atoms with Crippen LogP contribution in [0.2, 0.25) is 22.5 Å². The lowest BCUT2D eigenvalue weighted by Gasteiger charge is -2.36. The minimum atomic E-state index is -1.89. The third-order valence-electron chi connectivity index (χ3n) is 6.36. The summed E-state index contributed by atoms with van der Waals surface area (Å²) in [6, 6.07) is 17.1. The van der Waals surface area contributed by atoms with Crippen LogP contribution in [-0.2, 0) is 4.43 Å². The van der Waals surface area contributed by atoms with Crippen molar-refractivity contribution in [1.82, 2.24) is 0 Å². The van der Waals surface area contributed by atoms with Crippen LogP contribution in [0.15, 0.2) is 60.7 Å². The molecule has 0 saturated heterocycles. The Bertz CT molecular complexity index is 1300. The molecule has 2 amide bonds. The molecule has 2 N–H and O–H groups in total. The van der Waals surface area contributed by atoms with E-state index in [0.29, 0.717) is 45.0 Å². The van der Waals surface area contributed by atoms with Crippen molar-refractivity contribution in [3.63, 3.8) is 0 Å². The summed E-state index contributed by atoms with van der Waals surface area (Å²) in [4.78, 5) is 27.6. The van der Waals surface area contributed by atoms with Gasteiger partial charge in [0.2, 0.25) is 0 Å². The Labute approximate surface area is 228 Å². The minimum absolute atomic E-state index is 0.101. The van der Waals surface area contributed by atoms with Gasteiger partial charge < -0.3 is 15.1 Å².